The van der Waals surface area contributed by atoms with Gasteiger partial charge in [0.2, 0.25) is 0 Å². The highest BCUT2D eigenvalue weighted by molar-refractivity contribution is 5.68. The lowest BCUT2D eigenvalue weighted by atomic mass is 9.96. The molecule has 1 heterocycles. The van der Waals surface area contributed by atoms with Crippen LogP contribution in [0, 0.1) is 0 Å². The van der Waals surface area contributed by atoms with Gasteiger partial charge < -0.3 is 24.1 Å². The van der Waals surface area contributed by atoms with Crippen LogP contribution >= 0.6 is 0 Å². The third-order valence-corrected chi connectivity index (χ3v) is 6.56. The van der Waals surface area contributed by atoms with E-state index in [1.165, 1.54) is 0 Å². The molecule has 1 saturated heterocycles. The summed E-state index contributed by atoms with van der Waals surface area (Å²) in [7, 11) is 0. The van der Waals surface area contributed by atoms with Crippen molar-refractivity contribution in [2.24, 2.45) is 0 Å². The van der Waals surface area contributed by atoms with Gasteiger partial charge in [-0.2, -0.15) is 0 Å². The summed E-state index contributed by atoms with van der Waals surface area (Å²) in [5, 5.41) is 12.0. The monoisotopic (exact) mass is 490 g/mol. The van der Waals surface area contributed by atoms with Gasteiger partial charge in [0.15, 0.2) is 6.10 Å². The van der Waals surface area contributed by atoms with Crippen molar-refractivity contribution in [3.05, 3.63) is 108 Å². The van der Waals surface area contributed by atoms with Crippen LogP contribution < -0.4 is 10.9 Å². The molecule has 3 aromatic rings. The fourth-order valence-electron chi connectivity index (χ4n) is 4.77. The zero-order valence-electron chi connectivity index (χ0n) is 19.8. The smallest absolute Gasteiger partial charge is 0.422 e. The minimum atomic E-state index is -1.55. The van der Waals surface area contributed by atoms with Crippen molar-refractivity contribution in [3.8, 4) is 0 Å². The van der Waals surface area contributed by atoms with Crippen molar-refractivity contribution in [2.75, 3.05) is 6.61 Å². The maximum Gasteiger partial charge on any atom is 0.422 e. The Balaban J connectivity index is 1.39. The summed E-state index contributed by atoms with van der Waals surface area (Å²) in [5.41, 5.74) is 6.72. The van der Waals surface area contributed by atoms with Crippen LogP contribution in [0.2, 0.25) is 0 Å². The summed E-state index contributed by atoms with van der Waals surface area (Å²) in [4.78, 5) is 12.1. The lowest BCUT2D eigenvalue weighted by Crippen LogP contribution is -2.66. The molecule has 1 aliphatic heterocycles. The fourth-order valence-corrected chi connectivity index (χ4v) is 4.77. The maximum atomic E-state index is 12.1. The van der Waals surface area contributed by atoms with Crippen LogP contribution in [0.1, 0.15) is 16.7 Å². The molecule has 0 aromatic heterocycles. The summed E-state index contributed by atoms with van der Waals surface area (Å²) in [6.45, 7) is 0.777. The van der Waals surface area contributed by atoms with E-state index in [4.69, 9.17) is 18.9 Å². The molecule has 8 nitrogen and oxygen atoms in total. The predicted octanol–water partition coefficient (Wildman–Crippen LogP) is 3.10. The fraction of sp³-hybridized carbons (Fsp3) is 0.321. The summed E-state index contributed by atoms with van der Waals surface area (Å²) in [5.74, 6) is 0. The van der Waals surface area contributed by atoms with Gasteiger partial charge in [0.05, 0.1) is 32.5 Å². The highest BCUT2D eigenvalue weighted by Crippen LogP contribution is 2.39. The average molecular weight is 491 g/mol. The van der Waals surface area contributed by atoms with Gasteiger partial charge in [-0.1, -0.05) is 91.0 Å². The van der Waals surface area contributed by atoms with Gasteiger partial charge in [0, 0.05) is 0 Å². The van der Waals surface area contributed by atoms with Gasteiger partial charge in [-0.15, -0.1) is 0 Å². The van der Waals surface area contributed by atoms with Crippen LogP contribution in [0.4, 0.5) is 4.79 Å². The van der Waals surface area contributed by atoms with Crippen molar-refractivity contribution in [2.45, 2.75) is 49.8 Å². The normalized spacial score (nSPS) is 27.2. The molecule has 3 aromatic carbocycles. The van der Waals surface area contributed by atoms with Crippen molar-refractivity contribution in [3.63, 3.8) is 0 Å². The molecule has 3 N–H and O–H groups in total. The second kappa shape index (κ2) is 11.2. The second-order valence-corrected chi connectivity index (χ2v) is 9.06. The molecule has 2 fully saturated rings. The van der Waals surface area contributed by atoms with Gasteiger partial charge in [0.25, 0.3) is 0 Å². The first-order valence-corrected chi connectivity index (χ1v) is 12.0. The Bertz CT molecular complexity index is 1120. The number of rotatable bonds is 10. The number of fused-ring (bicyclic) bond motifs is 1. The zero-order chi connectivity index (χ0) is 24.8. The predicted molar refractivity (Wildman–Crippen MR) is 131 cm³/mol. The van der Waals surface area contributed by atoms with Gasteiger partial charge >= 0.3 is 6.09 Å². The minimum Gasteiger partial charge on any atom is -0.441 e. The van der Waals surface area contributed by atoms with Crippen molar-refractivity contribution >= 4 is 6.09 Å². The third kappa shape index (κ3) is 5.43. The number of amides is 1. The number of ether oxygens (including phenoxy) is 4. The Morgan fingerprint density at radius 3 is 1.89 bits per heavy atom. The van der Waals surface area contributed by atoms with Crippen LogP contribution in [0.3, 0.4) is 0 Å². The molecule has 1 saturated carbocycles. The van der Waals surface area contributed by atoms with E-state index in [0.29, 0.717) is 6.61 Å². The summed E-state index contributed by atoms with van der Waals surface area (Å²) >= 11 is 0. The number of hydrazine groups is 1. The highest BCUT2D eigenvalue weighted by Gasteiger charge is 2.64. The molecule has 36 heavy (non-hydrogen) atoms. The quantitative estimate of drug-likeness (QED) is 0.402. The number of hydrogen-bond acceptors (Lipinski definition) is 7. The van der Waals surface area contributed by atoms with E-state index in [0.717, 1.165) is 16.7 Å². The molecule has 1 amide bonds. The standard InChI is InChI=1S/C28H30N2O6/c31-27-30-29-25-23(36-27)24(34-17-21-12-6-2-7-13-21)26(35-18-22-14-8-3-9-15-22)28(25,32)19-33-16-20-10-4-1-5-11-20/h1-15,23-26,29,32H,16-19H2,(H,30,31)/t23-,24-,25-,26+,28+/m1/s1. The second-order valence-electron chi connectivity index (χ2n) is 9.06. The topological polar surface area (TPSA) is 98.3 Å². The van der Waals surface area contributed by atoms with Crippen LogP contribution in [0.15, 0.2) is 91.0 Å². The highest BCUT2D eigenvalue weighted by atomic mass is 16.6. The number of benzene rings is 3. The lowest BCUT2D eigenvalue weighted by Gasteiger charge is -2.37. The molecule has 0 spiro atoms. The van der Waals surface area contributed by atoms with Gasteiger partial charge in [-0.3, -0.25) is 5.43 Å². The third-order valence-electron chi connectivity index (χ3n) is 6.56. The van der Waals surface area contributed by atoms with E-state index < -0.39 is 36.0 Å². The molecule has 0 unspecified atom stereocenters. The first-order valence-electron chi connectivity index (χ1n) is 12.0. The summed E-state index contributed by atoms with van der Waals surface area (Å²) in [6, 6.07) is 28.4. The Morgan fingerprint density at radius 1 is 0.778 bits per heavy atom. The Kier molecular flexibility index (Phi) is 7.60. The molecule has 2 aliphatic rings. The number of aliphatic hydroxyl groups is 1. The van der Waals surface area contributed by atoms with Crippen LogP contribution in [-0.4, -0.2) is 47.8 Å². The van der Waals surface area contributed by atoms with Crippen molar-refractivity contribution in [1.82, 2.24) is 10.9 Å². The molecule has 188 valence electrons. The summed E-state index contributed by atoms with van der Waals surface area (Å²) < 4.78 is 24.2. The molecule has 5 rings (SSSR count). The Hall–Kier alpha value is -3.27. The van der Waals surface area contributed by atoms with Gasteiger partial charge in [0.1, 0.15) is 17.8 Å². The molecule has 8 heteroatoms. The lowest BCUT2D eigenvalue weighted by molar-refractivity contribution is -0.173. The zero-order valence-corrected chi connectivity index (χ0v) is 19.8. The maximum absolute atomic E-state index is 12.1. The molecule has 0 radical (unpaired) electrons. The Morgan fingerprint density at radius 2 is 1.31 bits per heavy atom. The molecule has 5 atom stereocenters. The number of carbonyl (C=O) groups excluding carboxylic acids is 1. The van der Waals surface area contributed by atoms with Crippen LogP contribution in [0.5, 0.6) is 0 Å². The minimum absolute atomic E-state index is 0.0556. The van der Waals surface area contributed by atoms with Crippen LogP contribution in [0.25, 0.3) is 0 Å². The van der Waals surface area contributed by atoms with E-state index in [1.54, 1.807) is 0 Å². The van der Waals surface area contributed by atoms with E-state index in [1.807, 2.05) is 91.0 Å². The number of nitrogens with one attached hydrogen (secondary N) is 2. The first-order chi connectivity index (χ1) is 17.6. The van der Waals surface area contributed by atoms with Crippen molar-refractivity contribution < 1.29 is 28.8 Å². The van der Waals surface area contributed by atoms with Crippen LogP contribution in [-0.2, 0) is 38.8 Å². The SMILES string of the molecule is O=C1NN[C@@H]2[C@H](O1)[C@@H](OCc1ccccc1)[C@H](OCc1ccccc1)[C@]2(O)COCc1ccccc1. The van der Waals surface area contributed by atoms with Gasteiger partial charge in [-0.25, -0.2) is 10.2 Å². The van der Waals surface area contributed by atoms with E-state index in [9.17, 15) is 9.90 Å². The average Bonchev–Trinajstić information content (AvgIpc) is 3.14. The molecule has 1 aliphatic carbocycles. The van der Waals surface area contributed by atoms with E-state index in [2.05, 4.69) is 10.9 Å². The molecule has 0 bridgehead atoms. The Labute approximate surface area is 210 Å². The first kappa shape index (κ1) is 24.4. The van der Waals surface area contributed by atoms with E-state index in [-0.39, 0.29) is 19.8 Å². The number of carbonyl (C=O) groups is 1. The largest absolute Gasteiger partial charge is 0.441 e. The number of hydrogen-bond donors (Lipinski definition) is 3. The molecular formula is C28H30N2O6. The summed E-state index contributed by atoms with van der Waals surface area (Å²) in [6.07, 6.45) is -3.00. The van der Waals surface area contributed by atoms with Gasteiger partial charge in [-0.05, 0) is 16.7 Å². The molecular weight excluding hydrogens is 460 g/mol. The van der Waals surface area contributed by atoms with Crippen molar-refractivity contribution in [1.29, 1.82) is 0 Å². The van der Waals surface area contributed by atoms with E-state index >= 15 is 0 Å².